The van der Waals surface area contributed by atoms with Crippen LogP contribution in [0.3, 0.4) is 0 Å². The van der Waals surface area contributed by atoms with Crippen LogP contribution in [0.5, 0.6) is 5.75 Å². The summed E-state index contributed by atoms with van der Waals surface area (Å²) in [4.78, 5) is 0. The summed E-state index contributed by atoms with van der Waals surface area (Å²) >= 11 is 7.77. The molecule has 0 spiro atoms. The van der Waals surface area contributed by atoms with E-state index < -0.39 is 0 Å². The molecule has 0 N–H and O–H groups in total. The van der Waals surface area contributed by atoms with Crippen molar-refractivity contribution in [2.75, 3.05) is 7.11 Å². The van der Waals surface area contributed by atoms with Gasteiger partial charge in [0.2, 0.25) is 0 Å². The van der Waals surface area contributed by atoms with E-state index in [2.05, 4.69) is 10.2 Å². The molecule has 4 nitrogen and oxygen atoms in total. The normalized spacial score (nSPS) is 10.7. The molecule has 1 heterocycles. The summed E-state index contributed by atoms with van der Waals surface area (Å²) in [7, 11) is 3.65. The molecule has 0 unspecified atom stereocenters. The summed E-state index contributed by atoms with van der Waals surface area (Å²) in [6, 6.07) is 5.67. The van der Waals surface area contributed by atoms with Gasteiger partial charge in [-0.15, -0.1) is 22.0 Å². The molecule has 0 bridgehead atoms. The number of halogens is 1. The average molecular weight is 298 g/mol. The fourth-order valence-corrected chi connectivity index (χ4v) is 2.87. The molecule has 2 aromatic rings. The standard InChI is InChI=1S/C13H16ClN3OS/c1-9-15-16-13(17(9)2)8-19-7-10-6-11(14)4-5-12(10)18-3/h4-6H,7-8H2,1-3H3. The number of aromatic nitrogens is 3. The third kappa shape index (κ3) is 3.42. The molecule has 6 heteroatoms. The topological polar surface area (TPSA) is 39.9 Å². The Balaban J connectivity index is 1.99. The van der Waals surface area contributed by atoms with Gasteiger partial charge in [-0.05, 0) is 25.1 Å². The second-order valence-corrected chi connectivity index (χ2v) is 5.59. The Kier molecular flexibility index (Phi) is 4.71. The zero-order valence-corrected chi connectivity index (χ0v) is 12.8. The first-order valence-corrected chi connectivity index (χ1v) is 7.40. The van der Waals surface area contributed by atoms with Crippen LogP contribution in [0.4, 0.5) is 0 Å². The van der Waals surface area contributed by atoms with E-state index in [0.717, 1.165) is 39.5 Å². The number of aryl methyl sites for hydroxylation is 1. The van der Waals surface area contributed by atoms with Crippen LogP contribution in [0.2, 0.25) is 5.02 Å². The van der Waals surface area contributed by atoms with E-state index in [1.807, 2.05) is 36.7 Å². The van der Waals surface area contributed by atoms with Crippen LogP contribution in [-0.4, -0.2) is 21.9 Å². The monoisotopic (exact) mass is 297 g/mol. The molecule has 0 fully saturated rings. The maximum Gasteiger partial charge on any atom is 0.142 e. The molecule has 0 saturated heterocycles. The van der Waals surface area contributed by atoms with Crippen molar-refractivity contribution in [2.45, 2.75) is 18.4 Å². The van der Waals surface area contributed by atoms with Crippen LogP contribution in [-0.2, 0) is 18.6 Å². The van der Waals surface area contributed by atoms with Crippen molar-refractivity contribution in [3.05, 3.63) is 40.4 Å². The summed E-state index contributed by atoms with van der Waals surface area (Å²) in [6.45, 7) is 1.95. The van der Waals surface area contributed by atoms with E-state index in [4.69, 9.17) is 16.3 Å². The molecule has 19 heavy (non-hydrogen) atoms. The van der Waals surface area contributed by atoms with Crippen LogP contribution in [0, 0.1) is 6.92 Å². The molecular weight excluding hydrogens is 282 g/mol. The Bertz CT molecular complexity index is 571. The summed E-state index contributed by atoms with van der Waals surface area (Å²) in [5, 5.41) is 8.91. The Labute approximate surface area is 122 Å². The molecule has 1 aromatic carbocycles. The summed E-state index contributed by atoms with van der Waals surface area (Å²) in [5.74, 6) is 4.41. The molecule has 0 aliphatic carbocycles. The van der Waals surface area contributed by atoms with E-state index in [1.165, 1.54) is 0 Å². The van der Waals surface area contributed by atoms with Crippen LogP contribution in [0.15, 0.2) is 18.2 Å². The van der Waals surface area contributed by atoms with Crippen LogP contribution < -0.4 is 4.74 Å². The number of hydrogen-bond donors (Lipinski definition) is 0. The van der Waals surface area contributed by atoms with Gasteiger partial charge in [-0.3, -0.25) is 0 Å². The largest absolute Gasteiger partial charge is 0.496 e. The highest BCUT2D eigenvalue weighted by Gasteiger charge is 2.07. The predicted molar refractivity (Wildman–Crippen MR) is 78.7 cm³/mol. The Morgan fingerprint density at radius 3 is 2.74 bits per heavy atom. The first-order chi connectivity index (χ1) is 9.11. The van der Waals surface area contributed by atoms with Gasteiger partial charge in [0.15, 0.2) is 0 Å². The quantitative estimate of drug-likeness (QED) is 0.849. The maximum atomic E-state index is 6.01. The fraction of sp³-hybridized carbons (Fsp3) is 0.385. The average Bonchev–Trinajstić information content (AvgIpc) is 2.71. The number of benzene rings is 1. The van der Waals surface area contributed by atoms with Gasteiger partial charge in [0.1, 0.15) is 17.4 Å². The van der Waals surface area contributed by atoms with Crippen molar-refractivity contribution >= 4 is 23.4 Å². The smallest absolute Gasteiger partial charge is 0.142 e. The van der Waals surface area contributed by atoms with Gasteiger partial charge in [-0.1, -0.05) is 11.6 Å². The highest BCUT2D eigenvalue weighted by Crippen LogP contribution is 2.27. The summed E-state index contributed by atoms with van der Waals surface area (Å²) < 4.78 is 7.33. The van der Waals surface area contributed by atoms with E-state index >= 15 is 0 Å². The lowest BCUT2D eigenvalue weighted by Gasteiger charge is -2.08. The van der Waals surface area contributed by atoms with Crippen molar-refractivity contribution in [1.82, 2.24) is 14.8 Å². The number of hydrogen-bond acceptors (Lipinski definition) is 4. The van der Waals surface area contributed by atoms with Gasteiger partial charge < -0.3 is 9.30 Å². The van der Waals surface area contributed by atoms with Crippen molar-refractivity contribution in [3.8, 4) is 5.75 Å². The molecule has 102 valence electrons. The van der Waals surface area contributed by atoms with Gasteiger partial charge in [-0.25, -0.2) is 0 Å². The van der Waals surface area contributed by atoms with Crippen molar-refractivity contribution < 1.29 is 4.74 Å². The van der Waals surface area contributed by atoms with Gasteiger partial charge in [0.25, 0.3) is 0 Å². The summed E-state index contributed by atoms with van der Waals surface area (Å²) in [5.41, 5.74) is 1.10. The van der Waals surface area contributed by atoms with Gasteiger partial charge in [0, 0.05) is 23.4 Å². The number of ether oxygens (including phenoxy) is 1. The van der Waals surface area contributed by atoms with Crippen molar-refractivity contribution in [3.63, 3.8) is 0 Å². The zero-order valence-electron chi connectivity index (χ0n) is 11.2. The van der Waals surface area contributed by atoms with Crippen LogP contribution in [0.25, 0.3) is 0 Å². The predicted octanol–water partition coefficient (Wildman–Crippen LogP) is 3.22. The SMILES string of the molecule is COc1ccc(Cl)cc1CSCc1nnc(C)n1C. The number of methoxy groups -OCH3 is 1. The molecule has 0 amide bonds. The van der Waals surface area contributed by atoms with E-state index in [0.29, 0.717) is 0 Å². The second-order valence-electron chi connectivity index (χ2n) is 4.17. The lowest BCUT2D eigenvalue weighted by molar-refractivity contribution is 0.411. The number of rotatable bonds is 5. The molecule has 0 atom stereocenters. The Morgan fingerprint density at radius 1 is 1.32 bits per heavy atom. The first-order valence-electron chi connectivity index (χ1n) is 5.87. The van der Waals surface area contributed by atoms with Crippen LogP contribution >= 0.6 is 23.4 Å². The van der Waals surface area contributed by atoms with Crippen molar-refractivity contribution in [1.29, 1.82) is 0 Å². The lowest BCUT2D eigenvalue weighted by atomic mass is 10.2. The van der Waals surface area contributed by atoms with Crippen molar-refractivity contribution in [2.24, 2.45) is 7.05 Å². The number of nitrogens with zero attached hydrogens (tertiary/aromatic N) is 3. The third-order valence-electron chi connectivity index (χ3n) is 2.91. The maximum absolute atomic E-state index is 6.01. The molecule has 0 aliphatic rings. The fourth-order valence-electron chi connectivity index (χ4n) is 1.69. The van der Waals surface area contributed by atoms with Gasteiger partial charge in [-0.2, -0.15) is 0 Å². The third-order valence-corrected chi connectivity index (χ3v) is 4.13. The molecule has 0 aliphatic heterocycles. The molecule has 0 radical (unpaired) electrons. The van der Waals surface area contributed by atoms with E-state index in [1.54, 1.807) is 18.9 Å². The summed E-state index contributed by atoms with van der Waals surface area (Å²) in [6.07, 6.45) is 0. The highest BCUT2D eigenvalue weighted by atomic mass is 35.5. The van der Waals surface area contributed by atoms with Gasteiger partial charge in [0.05, 0.1) is 12.9 Å². The molecule has 0 saturated carbocycles. The zero-order chi connectivity index (χ0) is 13.8. The number of thioether (sulfide) groups is 1. The minimum atomic E-state index is 0.728. The van der Waals surface area contributed by atoms with Gasteiger partial charge >= 0.3 is 0 Å². The Hall–Kier alpha value is -1.20. The van der Waals surface area contributed by atoms with Crippen LogP contribution in [0.1, 0.15) is 17.2 Å². The lowest BCUT2D eigenvalue weighted by Crippen LogP contribution is -1.98. The highest BCUT2D eigenvalue weighted by molar-refractivity contribution is 7.97. The second kappa shape index (κ2) is 6.30. The van der Waals surface area contributed by atoms with E-state index in [-0.39, 0.29) is 0 Å². The first kappa shape index (κ1) is 14.2. The van der Waals surface area contributed by atoms with E-state index in [9.17, 15) is 0 Å². The Morgan fingerprint density at radius 2 is 2.11 bits per heavy atom. The minimum absolute atomic E-state index is 0.728. The molecule has 1 aromatic heterocycles. The molecule has 2 rings (SSSR count). The minimum Gasteiger partial charge on any atom is -0.496 e. The molecular formula is C13H16ClN3OS.